The van der Waals surface area contributed by atoms with E-state index in [-0.39, 0.29) is 38.3 Å². The van der Waals surface area contributed by atoms with Gasteiger partial charge in [-0.05, 0) is 59.7 Å². The van der Waals surface area contributed by atoms with Crippen LogP contribution in [-0.4, -0.2) is 37.3 Å². The standard InChI is InChI=1S/C25H21NO8S2/c27-18-8-6-17(7-9-18)22-13-23(29)24(30)14-25(22)36(33,34)26-15-16-4-10-20(11-5-16)35(31,32)21-3-1-2-19(28)12-21/h1-14,26-30H,15H2. The Labute approximate surface area is 207 Å². The van der Waals surface area contributed by atoms with Gasteiger partial charge in [0.2, 0.25) is 19.9 Å². The van der Waals surface area contributed by atoms with Gasteiger partial charge in [-0.1, -0.05) is 30.3 Å². The third-order valence-corrected chi connectivity index (χ3v) is 8.58. The van der Waals surface area contributed by atoms with Gasteiger partial charge >= 0.3 is 0 Å². The Bertz CT molecular complexity index is 1630. The van der Waals surface area contributed by atoms with E-state index in [0.717, 1.165) is 18.2 Å². The second-order valence-corrected chi connectivity index (χ2v) is 11.5. The fraction of sp³-hybridized carbons (Fsp3) is 0.0400. The first kappa shape index (κ1) is 25.0. The van der Waals surface area contributed by atoms with Crippen LogP contribution in [-0.2, 0) is 26.4 Å². The van der Waals surface area contributed by atoms with E-state index in [0.29, 0.717) is 11.1 Å². The SMILES string of the molecule is O=S(=O)(NCc1ccc(S(=O)(=O)c2cccc(O)c2)cc1)c1cc(O)c(O)cc1-c1ccc(O)cc1. The van der Waals surface area contributed by atoms with Gasteiger partial charge in [-0.25, -0.2) is 21.6 Å². The number of benzene rings is 4. The molecule has 0 fully saturated rings. The molecule has 0 radical (unpaired) electrons. The second kappa shape index (κ2) is 9.53. The summed E-state index contributed by atoms with van der Waals surface area (Å²) in [5.74, 6) is -1.35. The number of phenolic OH excluding ortho intramolecular Hbond substituents is 4. The van der Waals surface area contributed by atoms with Crippen LogP contribution in [0.1, 0.15) is 5.56 Å². The molecule has 9 nitrogen and oxygen atoms in total. The van der Waals surface area contributed by atoms with Crippen molar-refractivity contribution in [1.29, 1.82) is 0 Å². The molecular weight excluding hydrogens is 506 g/mol. The van der Waals surface area contributed by atoms with Crippen molar-refractivity contribution in [3.05, 3.63) is 90.5 Å². The molecule has 0 aromatic heterocycles. The van der Waals surface area contributed by atoms with E-state index in [9.17, 15) is 37.3 Å². The maximum atomic E-state index is 13.1. The highest BCUT2D eigenvalue weighted by atomic mass is 32.2. The van der Waals surface area contributed by atoms with Gasteiger partial charge in [0, 0.05) is 18.2 Å². The van der Waals surface area contributed by atoms with Gasteiger partial charge in [0.05, 0.1) is 14.7 Å². The van der Waals surface area contributed by atoms with Crippen LogP contribution in [0.2, 0.25) is 0 Å². The number of hydrogen-bond acceptors (Lipinski definition) is 8. The van der Waals surface area contributed by atoms with Gasteiger partial charge in [0.1, 0.15) is 11.5 Å². The van der Waals surface area contributed by atoms with Crippen molar-refractivity contribution in [3.8, 4) is 34.1 Å². The Balaban J connectivity index is 1.59. The highest BCUT2D eigenvalue weighted by Gasteiger charge is 2.23. The lowest BCUT2D eigenvalue weighted by molar-refractivity contribution is 0.402. The monoisotopic (exact) mass is 527 g/mol. The molecule has 0 amide bonds. The highest BCUT2D eigenvalue weighted by molar-refractivity contribution is 7.91. The number of rotatable bonds is 7. The van der Waals surface area contributed by atoms with E-state index in [4.69, 9.17) is 0 Å². The van der Waals surface area contributed by atoms with Crippen molar-refractivity contribution in [2.45, 2.75) is 21.2 Å². The van der Waals surface area contributed by atoms with E-state index in [1.54, 1.807) is 0 Å². The predicted octanol–water partition coefficient (Wildman–Crippen LogP) is 3.49. The topological polar surface area (TPSA) is 161 Å². The highest BCUT2D eigenvalue weighted by Crippen LogP contribution is 2.37. The normalized spacial score (nSPS) is 11.9. The number of phenols is 4. The molecule has 0 unspecified atom stereocenters. The molecular formula is C25H21NO8S2. The fourth-order valence-corrected chi connectivity index (χ4v) is 6.02. The van der Waals surface area contributed by atoms with Gasteiger partial charge in [-0.3, -0.25) is 0 Å². The lowest BCUT2D eigenvalue weighted by Crippen LogP contribution is -2.24. The zero-order chi connectivity index (χ0) is 26.1. The Kier molecular flexibility index (Phi) is 6.63. The van der Waals surface area contributed by atoms with Gasteiger partial charge in [-0.2, -0.15) is 0 Å². The lowest BCUT2D eigenvalue weighted by Gasteiger charge is -2.14. The van der Waals surface area contributed by atoms with E-state index >= 15 is 0 Å². The molecule has 36 heavy (non-hydrogen) atoms. The second-order valence-electron chi connectivity index (χ2n) is 7.85. The van der Waals surface area contributed by atoms with Crippen molar-refractivity contribution in [2.75, 3.05) is 0 Å². The first-order chi connectivity index (χ1) is 17.0. The first-order valence-corrected chi connectivity index (χ1v) is 13.4. The lowest BCUT2D eigenvalue weighted by atomic mass is 10.0. The van der Waals surface area contributed by atoms with Crippen molar-refractivity contribution >= 4 is 19.9 Å². The maximum absolute atomic E-state index is 13.1. The average molecular weight is 528 g/mol. The average Bonchev–Trinajstić information content (AvgIpc) is 2.85. The maximum Gasteiger partial charge on any atom is 0.241 e. The summed E-state index contributed by atoms with van der Waals surface area (Å²) in [6.45, 7) is -0.189. The molecule has 0 heterocycles. The number of aromatic hydroxyl groups is 4. The van der Waals surface area contributed by atoms with Crippen LogP contribution in [0.5, 0.6) is 23.0 Å². The van der Waals surface area contributed by atoms with E-state index < -0.39 is 31.4 Å². The molecule has 0 bridgehead atoms. The van der Waals surface area contributed by atoms with Crippen molar-refractivity contribution in [3.63, 3.8) is 0 Å². The Morgan fingerprint density at radius 2 is 1.28 bits per heavy atom. The quantitative estimate of drug-likeness (QED) is 0.228. The summed E-state index contributed by atoms with van der Waals surface area (Å²) in [6, 6.07) is 18.5. The summed E-state index contributed by atoms with van der Waals surface area (Å²) in [6.07, 6.45) is 0. The molecule has 0 aliphatic carbocycles. The largest absolute Gasteiger partial charge is 0.508 e. The van der Waals surface area contributed by atoms with Crippen molar-refractivity contribution in [1.82, 2.24) is 4.72 Å². The van der Waals surface area contributed by atoms with Crippen LogP contribution in [0.4, 0.5) is 0 Å². The predicted molar refractivity (Wildman–Crippen MR) is 131 cm³/mol. The molecule has 4 rings (SSSR count). The van der Waals surface area contributed by atoms with Gasteiger partial charge in [0.15, 0.2) is 11.5 Å². The summed E-state index contributed by atoms with van der Waals surface area (Å²) in [5, 5.41) is 38.9. The molecule has 4 aromatic rings. The minimum atomic E-state index is -4.20. The van der Waals surface area contributed by atoms with Gasteiger partial charge < -0.3 is 20.4 Å². The molecule has 0 atom stereocenters. The Hall–Kier alpha value is -4.06. The molecule has 11 heteroatoms. The molecule has 0 aliphatic heterocycles. The van der Waals surface area contributed by atoms with E-state index in [2.05, 4.69) is 4.72 Å². The molecule has 186 valence electrons. The molecule has 4 aromatic carbocycles. The number of sulfone groups is 1. The van der Waals surface area contributed by atoms with Crippen LogP contribution in [0.15, 0.2) is 99.6 Å². The number of hydrogen-bond donors (Lipinski definition) is 5. The minimum Gasteiger partial charge on any atom is -0.508 e. The summed E-state index contributed by atoms with van der Waals surface area (Å²) in [4.78, 5) is -0.408. The van der Waals surface area contributed by atoms with Crippen molar-refractivity contribution < 1.29 is 37.3 Å². The molecule has 0 spiro atoms. The minimum absolute atomic E-state index is 0.0289. The van der Waals surface area contributed by atoms with Crippen molar-refractivity contribution in [2.24, 2.45) is 0 Å². The van der Waals surface area contributed by atoms with E-state index in [1.807, 2.05) is 0 Å². The first-order valence-electron chi connectivity index (χ1n) is 10.5. The van der Waals surface area contributed by atoms with Gasteiger partial charge in [0.25, 0.3) is 0 Å². The van der Waals surface area contributed by atoms with Crippen LogP contribution < -0.4 is 4.72 Å². The summed E-state index contributed by atoms with van der Waals surface area (Å²) in [7, 11) is -8.08. The number of sulfonamides is 1. The summed E-state index contributed by atoms with van der Waals surface area (Å²) in [5.41, 5.74) is 0.943. The van der Waals surface area contributed by atoms with Crippen LogP contribution in [0.25, 0.3) is 11.1 Å². The fourth-order valence-electron chi connectivity index (χ4n) is 3.48. The Morgan fingerprint density at radius 1 is 0.639 bits per heavy atom. The van der Waals surface area contributed by atoms with E-state index in [1.165, 1.54) is 66.7 Å². The zero-order valence-corrected chi connectivity index (χ0v) is 20.2. The molecule has 0 aliphatic rings. The number of nitrogens with one attached hydrogen (secondary N) is 1. The third kappa shape index (κ3) is 5.13. The summed E-state index contributed by atoms with van der Waals surface area (Å²) >= 11 is 0. The van der Waals surface area contributed by atoms with Gasteiger partial charge in [-0.15, -0.1) is 0 Å². The van der Waals surface area contributed by atoms with Crippen LogP contribution in [0.3, 0.4) is 0 Å². The Morgan fingerprint density at radius 3 is 1.92 bits per heavy atom. The third-order valence-electron chi connectivity index (χ3n) is 5.37. The summed E-state index contributed by atoms with van der Waals surface area (Å²) < 4.78 is 54.1. The molecule has 5 N–H and O–H groups in total. The molecule has 0 saturated heterocycles. The van der Waals surface area contributed by atoms with Crippen LogP contribution in [0, 0.1) is 0 Å². The zero-order valence-electron chi connectivity index (χ0n) is 18.5. The smallest absolute Gasteiger partial charge is 0.241 e. The molecule has 0 saturated carbocycles. The van der Waals surface area contributed by atoms with Crippen LogP contribution >= 0.6 is 0 Å².